The molecular weight excluding hydrogens is 574 g/mol. The molecule has 0 fully saturated rings. The summed E-state index contributed by atoms with van der Waals surface area (Å²) in [7, 11) is 0. The third kappa shape index (κ3) is 32.8. The maximum atomic E-state index is 12.6. The minimum Gasteiger partial charge on any atom is -0.466 e. The highest BCUT2D eigenvalue weighted by atomic mass is 16.5. The van der Waals surface area contributed by atoms with Gasteiger partial charge >= 0.3 is 11.9 Å². The van der Waals surface area contributed by atoms with E-state index in [0.29, 0.717) is 19.4 Å². The molecule has 0 spiro atoms. The first-order chi connectivity index (χ1) is 22.6. The first-order valence-corrected chi connectivity index (χ1v) is 20.3. The van der Waals surface area contributed by atoms with Crippen molar-refractivity contribution >= 4 is 11.9 Å². The van der Waals surface area contributed by atoms with Gasteiger partial charge in [-0.3, -0.25) is 9.59 Å². The van der Waals surface area contributed by atoms with Crippen LogP contribution < -0.4 is 0 Å². The van der Waals surface area contributed by atoms with Crippen LogP contribution in [-0.4, -0.2) is 60.9 Å². The second-order valence-corrected chi connectivity index (χ2v) is 13.8. The monoisotopic (exact) mass is 654 g/mol. The van der Waals surface area contributed by atoms with Gasteiger partial charge in [-0.1, -0.05) is 136 Å². The summed E-state index contributed by atoms with van der Waals surface area (Å²) in [5.74, 6) is -0.0237. The van der Waals surface area contributed by atoms with E-state index in [1.165, 1.54) is 109 Å². The van der Waals surface area contributed by atoms with Crippen molar-refractivity contribution in [3.8, 4) is 0 Å². The summed E-state index contributed by atoms with van der Waals surface area (Å²) in [6.45, 7) is 10.3. The molecule has 0 aromatic heterocycles. The Morgan fingerprint density at radius 2 is 0.913 bits per heavy atom. The van der Waals surface area contributed by atoms with Crippen LogP contribution in [-0.2, 0) is 19.1 Å². The van der Waals surface area contributed by atoms with Crippen LogP contribution in [0.3, 0.4) is 0 Å². The van der Waals surface area contributed by atoms with Crippen LogP contribution in [0.15, 0.2) is 0 Å². The van der Waals surface area contributed by atoms with E-state index >= 15 is 0 Å². The average Bonchev–Trinajstić information content (AvgIpc) is 3.04. The minimum atomic E-state index is -0.0387. The smallest absolute Gasteiger partial charge is 0.306 e. The van der Waals surface area contributed by atoms with Crippen molar-refractivity contribution in [3.05, 3.63) is 0 Å². The highest BCUT2D eigenvalue weighted by Crippen LogP contribution is 2.18. The van der Waals surface area contributed by atoms with Gasteiger partial charge in [0.05, 0.1) is 13.2 Å². The lowest BCUT2D eigenvalue weighted by Crippen LogP contribution is -2.29. The molecule has 1 N–H and O–H groups in total. The van der Waals surface area contributed by atoms with Gasteiger partial charge in [0.1, 0.15) is 6.10 Å². The molecule has 0 saturated carbocycles. The normalized spacial score (nSPS) is 12.1. The number of hydrogen-bond acceptors (Lipinski definition) is 6. The fourth-order valence-electron chi connectivity index (χ4n) is 6.14. The molecule has 1 atom stereocenters. The fourth-order valence-corrected chi connectivity index (χ4v) is 6.14. The van der Waals surface area contributed by atoms with Crippen LogP contribution in [0.1, 0.15) is 207 Å². The molecular formula is C40H79NO5. The molecule has 6 heteroatoms. The average molecular weight is 654 g/mol. The Hall–Kier alpha value is -1.14. The van der Waals surface area contributed by atoms with Gasteiger partial charge in [-0.25, -0.2) is 0 Å². The predicted molar refractivity (Wildman–Crippen MR) is 195 cm³/mol. The minimum absolute atomic E-state index is 0.0150. The zero-order valence-electron chi connectivity index (χ0n) is 31.1. The number of nitrogens with zero attached hydrogens (tertiary/aromatic N) is 1. The van der Waals surface area contributed by atoms with Gasteiger partial charge in [0.15, 0.2) is 0 Å². The van der Waals surface area contributed by atoms with Crippen molar-refractivity contribution in [1.82, 2.24) is 4.90 Å². The Kier molecular flexibility index (Phi) is 35.8. The van der Waals surface area contributed by atoms with Crippen LogP contribution in [0.5, 0.6) is 0 Å². The molecule has 0 aromatic carbocycles. The molecule has 0 aromatic rings. The summed E-state index contributed by atoms with van der Waals surface area (Å²) in [6.07, 6.45) is 33.0. The van der Waals surface area contributed by atoms with Gasteiger partial charge in [0.2, 0.25) is 0 Å². The molecule has 0 bridgehead atoms. The predicted octanol–water partition coefficient (Wildman–Crippen LogP) is 11.1. The van der Waals surface area contributed by atoms with Crippen LogP contribution in [0.2, 0.25) is 0 Å². The van der Waals surface area contributed by atoms with Crippen LogP contribution in [0, 0.1) is 0 Å². The van der Waals surface area contributed by atoms with Gasteiger partial charge in [0, 0.05) is 19.4 Å². The van der Waals surface area contributed by atoms with E-state index in [0.717, 1.165) is 83.8 Å². The Morgan fingerprint density at radius 3 is 1.39 bits per heavy atom. The Morgan fingerprint density at radius 1 is 0.500 bits per heavy atom. The number of esters is 2. The van der Waals surface area contributed by atoms with E-state index in [-0.39, 0.29) is 24.6 Å². The number of unbranched alkanes of at least 4 members (excludes halogenated alkanes) is 20. The third-order valence-corrected chi connectivity index (χ3v) is 9.20. The molecule has 0 heterocycles. The SMILES string of the molecule is CCCCCCCCC(CCCCCCC)OC(=O)CCCCCCCN(CCO)CCCCCCCCCC(=O)OCCCC. The highest BCUT2D eigenvalue weighted by molar-refractivity contribution is 5.69. The van der Waals surface area contributed by atoms with Gasteiger partial charge in [-0.05, 0) is 70.9 Å². The Bertz CT molecular complexity index is 643. The second-order valence-electron chi connectivity index (χ2n) is 13.8. The summed E-state index contributed by atoms with van der Waals surface area (Å²) in [5.41, 5.74) is 0. The highest BCUT2D eigenvalue weighted by Gasteiger charge is 2.14. The van der Waals surface area contributed by atoms with Gasteiger partial charge in [-0.2, -0.15) is 0 Å². The van der Waals surface area contributed by atoms with E-state index in [9.17, 15) is 14.7 Å². The lowest BCUT2D eigenvalue weighted by atomic mass is 10.0. The van der Waals surface area contributed by atoms with Crippen LogP contribution in [0.4, 0.5) is 0 Å². The first-order valence-electron chi connectivity index (χ1n) is 20.3. The zero-order valence-corrected chi connectivity index (χ0v) is 31.1. The number of carbonyl (C=O) groups is 2. The quantitative estimate of drug-likeness (QED) is 0.0531. The molecule has 0 aliphatic carbocycles. The number of hydrogen-bond donors (Lipinski definition) is 1. The topological polar surface area (TPSA) is 76.1 Å². The summed E-state index contributed by atoms with van der Waals surface area (Å²) >= 11 is 0. The van der Waals surface area contributed by atoms with Crippen LogP contribution >= 0.6 is 0 Å². The van der Waals surface area contributed by atoms with Gasteiger partial charge in [-0.15, -0.1) is 0 Å². The van der Waals surface area contributed by atoms with Crippen molar-refractivity contribution in [1.29, 1.82) is 0 Å². The molecule has 46 heavy (non-hydrogen) atoms. The Balaban J connectivity index is 3.94. The molecule has 0 aliphatic rings. The van der Waals surface area contributed by atoms with Crippen LogP contribution in [0.25, 0.3) is 0 Å². The summed E-state index contributed by atoms with van der Waals surface area (Å²) in [6, 6.07) is 0. The van der Waals surface area contributed by atoms with Crippen molar-refractivity contribution in [2.45, 2.75) is 213 Å². The Labute approximate surface area is 286 Å². The maximum absolute atomic E-state index is 12.6. The van der Waals surface area contributed by atoms with Crippen molar-refractivity contribution in [3.63, 3.8) is 0 Å². The molecule has 0 amide bonds. The van der Waals surface area contributed by atoms with E-state index in [2.05, 4.69) is 25.7 Å². The standard InChI is InChI=1S/C40H79NO5/c1-4-7-10-12-18-24-30-38(29-23-17-11-8-5-2)46-40(44)32-26-20-16-22-28-34-41(35-36-42)33-27-21-15-13-14-19-25-31-39(43)45-37-9-6-3/h38,42H,4-37H2,1-3H3. The number of aliphatic hydroxyl groups excluding tert-OH is 1. The van der Waals surface area contributed by atoms with E-state index in [1.807, 2.05) is 0 Å². The number of aliphatic hydroxyl groups is 1. The molecule has 6 nitrogen and oxygen atoms in total. The molecule has 1 unspecified atom stereocenters. The lowest BCUT2D eigenvalue weighted by molar-refractivity contribution is -0.150. The van der Waals surface area contributed by atoms with E-state index < -0.39 is 0 Å². The number of rotatable bonds is 37. The summed E-state index contributed by atoms with van der Waals surface area (Å²) in [5, 5.41) is 9.50. The number of carbonyl (C=O) groups excluding carboxylic acids is 2. The zero-order chi connectivity index (χ0) is 33.8. The molecule has 0 saturated heterocycles. The fraction of sp³-hybridized carbons (Fsp3) is 0.950. The van der Waals surface area contributed by atoms with Gasteiger partial charge in [0.25, 0.3) is 0 Å². The van der Waals surface area contributed by atoms with Crippen molar-refractivity contribution < 1.29 is 24.2 Å². The molecule has 0 rings (SSSR count). The lowest BCUT2D eigenvalue weighted by Gasteiger charge is -2.21. The van der Waals surface area contributed by atoms with Crippen molar-refractivity contribution in [2.24, 2.45) is 0 Å². The van der Waals surface area contributed by atoms with Gasteiger partial charge < -0.3 is 19.5 Å². The molecule has 0 aliphatic heterocycles. The maximum Gasteiger partial charge on any atom is 0.306 e. The van der Waals surface area contributed by atoms with E-state index in [1.54, 1.807) is 0 Å². The molecule has 0 radical (unpaired) electrons. The number of ether oxygens (including phenoxy) is 2. The second kappa shape index (κ2) is 36.7. The largest absolute Gasteiger partial charge is 0.466 e. The summed E-state index contributed by atoms with van der Waals surface area (Å²) < 4.78 is 11.2. The van der Waals surface area contributed by atoms with Crippen molar-refractivity contribution in [2.75, 3.05) is 32.8 Å². The first kappa shape index (κ1) is 44.9. The van der Waals surface area contributed by atoms with E-state index in [4.69, 9.17) is 9.47 Å². The molecule has 274 valence electrons. The summed E-state index contributed by atoms with van der Waals surface area (Å²) in [4.78, 5) is 26.7. The third-order valence-electron chi connectivity index (χ3n) is 9.20.